The van der Waals surface area contributed by atoms with Crippen LogP contribution in [0.25, 0.3) is 0 Å². The van der Waals surface area contributed by atoms with E-state index in [4.69, 9.17) is 0 Å². The summed E-state index contributed by atoms with van der Waals surface area (Å²) in [6, 6.07) is 3.92. The number of hydrogen-bond donors (Lipinski definition) is 4. The lowest BCUT2D eigenvalue weighted by atomic mass is 10.2. The Hall–Kier alpha value is -2.57. The molecule has 2 rings (SSSR count). The number of carbonyl (C=O) groups excluding carboxylic acids is 2. The lowest BCUT2D eigenvalue weighted by Gasteiger charge is -2.06. The largest absolute Gasteiger partial charge is 0.365 e. The molecule has 2 aromatic rings. The molecule has 0 radical (unpaired) electrons. The summed E-state index contributed by atoms with van der Waals surface area (Å²) in [5.41, 5.74) is 2.09. The van der Waals surface area contributed by atoms with Gasteiger partial charge in [0.1, 0.15) is 0 Å². The molecule has 2 heterocycles. The molecule has 124 valence electrons. The molecule has 0 aliphatic rings. The van der Waals surface area contributed by atoms with Crippen LogP contribution in [0.1, 0.15) is 30.7 Å². The Labute approximate surface area is 135 Å². The van der Waals surface area contributed by atoms with E-state index < -0.39 is 0 Å². The molecule has 0 aliphatic carbocycles. The molecular weight excluding hydrogens is 294 g/mol. The molecule has 0 unspecified atom stereocenters. The molecule has 0 fully saturated rings. The number of aromatic amines is 2. The van der Waals surface area contributed by atoms with Crippen LogP contribution < -0.4 is 10.6 Å². The summed E-state index contributed by atoms with van der Waals surface area (Å²) in [5, 5.41) is 5.69. The van der Waals surface area contributed by atoms with Crippen LogP contribution in [0.4, 0.5) is 0 Å². The summed E-state index contributed by atoms with van der Waals surface area (Å²) in [4.78, 5) is 33.3. The summed E-state index contributed by atoms with van der Waals surface area (Å²) in [5.74, 6) is -0.0366. The molecule has 0 spiro atoms. The van der Waals surface area contributed by atoms with Crippen LogP contribution in [-0.2, 0) is 22.4 Å². The maximum absolute atomic E-state index is 11.7. The molecule has 0 bridgehead atoms. The molecule has 0 atom stereocenters. The molecule has 4 N–H and O–H groups in total. The van der Waals surface area contributed by atoms with Crippen LogP contribution in [0, 0.1) is 0 Å². The molecule has 0 saturated carbocycles. The SMILES string of the molecule is O=C(CCCC(=O)NCCc1cnc[nH]1)NCCc1ccc[nH]1. The van der Waals surface area contributed by atoms with Crippen LogP contribution in [0.15, 0.2) is 30.9 Å². The predicted octanol–water partition coefficient (Wildman–Crippen LogP) is 0.926. The van der Waals surface area contributed by atoms with Gasteiger partial charge in [0.2, 0.25) is 11.8 Å². The second kappa shape index (κ2) is 9.45. The van der Waals surface area contributed by atoms with Crippen molar-refractivity contribution in [3.8, 4) is 0 Å². The Balaban J connectivity index is 1.46. The highest BCUT2D eigenvalue weighted by atomic mass is 16.2. The average Bonchev–Trinajstić information content (AvgIpc) is 3.20. The van der Waals surface area contributed by atoms with Crippen LogP contribution in [0.5, 0.6) is 0 Å². The highest BCUT2D eigenvalue weighted by molar-refractivity contribution is 5.78. The van der Waals surface area contributed by atoms with Gasteiger partial charge in [-0.05, 0) is 18.6 Å². The van der Waals surface area contributed by atoms with E-state index in [9.17, 15) is 9.59 Å². The van der Waals surface area contributed by atoms with Crippen molar-refractivity contribution in [2.45, 2.75) is 32.1 Å². The minimum atomic E-state index is -0.0244. The normalized spacial score (nSPS) is 10.4. The fourth-order valence-corrected chi connectivity index (χ4v) is 2.20. The van der Waals surface area contributed by atoms with Crippen molar-refractivity contribution < 1.29 is 9.59 Å². The fraction of sp³-hybridized carbons (Fsp3) is 0.438. The van der Waals surface area contributed by atoms with E-state index in [0.717, 1.165) is 24.2 Å². The minimum Gasteiger partial charge on any atom is -0.365 e. The molecule has 23 heavy (non-hydrogen) atoms. The molecule has 2 aromatic heterocycles. The van der Waals surface area contributed by atoms with E-state index >= 15 is 0 Å². The van der Waals surface area contributed by atoms with Crippen molar-refractivity contribution in [3.05, 3.63) is 42.2 Å². The average molecular weight is 317 g/mol. The summed E-state index contributed by atoms with van der Waals surface area (Å²) in [7, 11) is 0. The molecule has 0 aromatic carbocycles. The predicted molar refractivity (Wildman–Crippen MR) is 86.7 cm³/mol. The maximum atomic E-state index is 11.7. The first-order chi connectivity index (χ1) is 11.2. The van der Waals surface area contributed by atoms with Gasteiger partial charge in [-0.2, -0.15) is 0 Å². The van der Waals surface area contributed by atoms with Crippen molar-refractivity contribution >= 4 is 11.8 Å². The third kappa shape index (κ3) is 6.82. The van der Waals surface area contributed by atoms with Crippen molar-refractivity contribution in [1.29, 1.82) is 0 Å². The minimum absolute atomic E-state index is 0.0122. The number of H-pyrrole nitrogens is 2. The molecule has 2 amide bonds. The van der Waals surface area contributed by atoms with E-state index in [2.05, 4.69) is 25.6 Å². The first-order valence-corrected chi connectivity index (χ1v) is 7.87. The highest BCUT2D eigenvalue weighted by Gasteiger charge is 2.05. The third-order valence-corrected chi connectivity index (χ3v) is 3.46. The van der Waals surface area contributed by atoms with Crippen molar-refractivity contribution in [3.63, 3.8) is 0 Å². The van der Waals surface area contributed by atoms with Gasteiger partial charge in [-0.25, -0.2) is 4.98 Å². The van der Waals surface area contributed by atoms with Gasteiger partial charge in [-0.1, -0.05) is 0 Å². The second-order valence-electron chi connectivity index (χ2n) is 5.33. The molecule has 0 saturated heterocycles. The number of amides is 2. The van der Waals surface area contributed by atoms with Gasteiger partial charge >= 0.3 is 0 Å². The standard InChI is InChI=1S/C16H23N5O2/c22-15(19-9-6-13-3-2-8-18-13)4-1-5-16(23)20-10-7-14-11-17-12-21-14/h2-3,8,11-12,18H,1,4-7,9-10H2,(H,17,21)(H,19,22)(H,20,23). The van der Waals surface area contributed by atoms with Crippen LogP contribution in [0.2, 0.25) is 0 Å². The van der Waals surface area contributed by atoms with E-state index in [-0.39, 0.29) is 11.8 Å². The third-order valence-electron chi connectivity index (χ3n) is 3.46. The number of aromatic nitrogens is 3. The zero-order valence-electron chi connectivity index (χ0n) is 13.1. The number of hydrogen-bond acceptors (Lipinski definition) is 3. The van der Waals surface area contributed by atoms with Gasteiger partial charge in [0.25, 0.3) is 0 Å². The topological polar surface area (TPSA) is 103 Å². The Morgan fingerprint density at radius 2 is 1.70 bits per heavy atom. The fourth-order valence-electron chi connectivity index (χ4n) is 2.20. The summed E-state index contributed by atoms with van der Waals surface area (Å²) >= 11 is 0. The monoisotopic (exact) mass is 317 g/mol. The van der Waals surface area contributed by atoms with Gasteiger partial charge in [0, 0.05) is 62.6 Å². The van der Waals surface area contributed by atoms with Crippen molar-refractivity contribution in [2.75, 3.05) is 13.1 Å². The smallest absolute Gasteiger partial charge is 0.220 e. The summed E-state index contributed by atoms with van der Waals surface area (Å²) in [6.07, 6.45) is 8.03. The highest BCUT2D eigenvalue weighted by Crippen LogP contribution is 1.98. The van der Waals surface area contributed by atoms with E-state index in [0.29, 0.717) is 32.4 Å². The van der Waals surface area contributed by atoms with Gasteiger partial charge in [0.15, 0.2) is 0 Å². The number of nitrogens with zero attached hydrogens (tertiary/aromatic N) is 1. The van der Waals surface area contributed by atoms with Crippen LogP contribution in [0.3, 0.4) is 0 Å². The lowest BCUT2D eigenvalue weighted by molar-refractivity contribution is -0.122. The Morgan fingerprint density at radius 1 is 1.00 bits per heavy atom. The van der Waals surface area contributed by atoms with E-state index in [1.54, 1.807) is 12.5 Å². The molecule has 7 nitrogen and oxygen atoms in total. The van der Waals surface area contributed by atoms with Gasteiger partial charge in [-0.15, -0.1) is 0 Å². The van der Waals surface area contributed by atoms with Gasteiger partial charge in [-0.3, -0.25) is 9.59 Å². The first-order valence-electron chi connectivity index (χ1n) is 7.87. The molecular formula is C16H23N5O2. The molecule has 7 heteroatoms. The Morgan fingerprint density at radius 3 is 2.26 bits per heavy atom. The van der Waals surface area contributed by atoms with Gasteiger partial charge in [0.05, 0.1) is 6.33 Å². The number of rotatable bonds is 10. The number of carbonyl (C=O) groups is 2. The Bertz CT molecular complexity index is 525. The van der Waals surface area contributed by atoms with Crippen LogP contribution in [-0.4, -0.2) is 39.9 Å². The van der Waals surface area contributed by atoms with Crippen molar-refractivity contribution in [1.82, 2.24) is 25.6 Å². The molecule has 0 aliphatic heterocycles. The Kier molecular flexibility index (Phi) is 6.90. The summed E-state index contributed by atoms with van der Waals surface area (Å²) in [6.45, 7) is 1.18. The van der Waals surface area contributed by atoms with E-state index in [1.165, 1.54) is 0 Å². The number of nitrogens with one attached hydrogen (secondary N) is 4. The zero-order chi connectivity index (χ0) is 16.3. The van der Waals surface area contributed by atoms with Gasteiger partial charge < -0.3 is 20.6 Å². The summed E-state index contributed by atoms with van der Waals surface area (Å²) < 4.78 is 0. The quantitative estimate of drug-likeness (QED) is 0.524. The first kappa shape index (κ1) is 16.8. The maximum Gasteiger partial charge on any atom is 0.220 e. The zero-order valence-corrected chi connectivity index (χ0v) is 13.1. The van der Waals surface area contributed by atoms with E-state index in [1.807, 2.05) is 18.3 Å². The van der Waals surface area contributed by atoms with Crippen LogP contribution >= 0.6 is 0 Å². The van der Waals surface area contributed by atoms with Crippen molar-refractivity contribution in [2.24, 2.45) is 0 Å². The number of imidazole rings is 1. The lowest BCUT2D eigenvalue weighted by Crippen LogP contribution is -2.27. The second-order valence-corrected chi connectivity index (χ2v) is 5.33.